The number of rotatable bonds is 4. The van der Waals surface area contributed by atoms with Crippen molar-refractivity contribution in [1.29, 1.82) is 0 Å². The third-order valence-electron chi connectivity index (χ3n) is 7.68. The highest BCUT2D eigenvalue weighted by Crippen LogP contribution is 2.34. The molecule has 0 radical (unpaired) electrons. The van der Waals surface area contributed by atoms with E-state index in [1.165, 1.54) is 31.0 Å². The summed E-state index contributed by atoms with van der Waals surface area (Å²) in [5.74, 6) is -0.862. The highest BCUT2D eigenvalue weighted by atomic mass is 19.1. The quantitative estimate of drug-likeness (QED) is 0.448. The first-order chi connectivity index (χ1) is 19.6. The SMILES string of the molecule is CC(O)[C@H]1C(=O)N[C@H](Cc2ccc(F)cc2)C(=O)NCCCc2ccccc2O[C@H](C)CN[C@@H](C2CC2)C(=O)N1C. The molecule has 41 heavy (non-hydrogen) atoms. The fourth-order valence-electron chi connectivity index (χ4n) is 5.27. The summed E-state index contributed by atoms with van der Waals surface area (Å²) in [7, 11) is 1.50. The first kappa shape index (κ1) is 30.5. The average molecular weight is 569 g/mol. The normalized spacial score (nSPS) is 26.1. The second-order valence-corrected chi connectivity index (χ2v) is 11.2. The van der Waals surface area contributed by atoms with Gasteiger partial charge in [-0.1, -0.05) is 30.3 Å². The highest BCUT2D eigenvalue weighted by Gasteiger charge is 2.42. The van der Waals surface area contributed by atoms with Crippen LogP contribution in [0.5, 0.6) is 5.75 Å². The number of aliphatic hydroxyl groups is 1. The molecule has 10 heteroatoms. The molecule has 0 aromatic heterocycles. The number of aryl methyl sites for hydroxylation is 1. The molecule has 1 unspecified atom stereocenters. The van der Waals surface area contributed by atoms with Crippen molar-refractivity contribution in [3.8, 4) is 5.75 Å². The van der Waals surface area contributed by atoms with Crippen LogP contribution >= 0.6 is 0 Å². The lowest BCUT2D eigenvalue weighted by Crippen LogP contribution is -2.60. The molecule has 0 saturated heterocycles. The molecule has 2 aromatic carbocycles. The Balaban J connectivity index is 1.61. The fourth-order valence-corrected chi connectivity index (χ4v) is 5.27. The van der Waals surface area contributed by atoms with E-state index in [-0.39, 0.29) is 24.3 Å². The molecule has 5 atom stereocenters. The van der Waals surface area contributed by atoms with Crippen LogP contribution in [0.25, 0.3) is 0 Å². The van der Waals surface area contributed by atoms with Crippen LogP contribution in [-0.2, 0) is 27.2 Å². The largest absolute Gasteiger partial charge is 0.489 e. The van der Waals surface area contributed by atoms with E-state index in [0.717, 1.165) is 24.2 Å². The van der Waals surface area contributed by atoms with Crippen molar-refractivity contribution in [1.82, 2.24) is 20.9 Å². The van der Waals surface area contributed by atoms with E-state index in [1.54, 1.807) is 12.1 Å². The van der Waals surface area contributed by atoms with Gasteiger partial charge in [0, 0.05) is 26.6 Å². The fraction of sp³-hybridized carbons (Fsp3) is 0.516. The van der Waals surface area contributed by atoms with Gasteiger partial charge >= 0.3 is 0 Å². The van der Waals surface area contributed by atoms with Gasteiger partial charge in [0.05, 0.1) is 12.1 Å². The molecule has 1 aliphatic carbocycles. The zero-order valence-electron chi connectivity index (χ0n) is 23.9. The van der Waals surface area contributed by atoms with Crippen molar-refractivity contribution in [2.45, 2.75) is 76.3 Å². The molecule has 1 aliphatic heterocycles. The molecule has 1 heterocycles. The maximum absolute atomic E-state index is 13.7. The van der Waals surface area contributed by atoms with Gasteiger partial charge in [-0.3, -0.25) is 14.4 Å². The lowest BCUT2D eigenvalue weighted by Gasteiger charge is -2.34. The van der Waals surface area contributed by atoms with E-state index in [2.05, 4.69) is 16.0 Å². The molecule has 0 bridgehead atoms. The number of ether oxygens (including phenoxy) is 1. The average Bonchev–Trinajstić information content (AvgIpc) is 3.77. The van der Waals surface area contributed by atoms with Crippen LogP contribution < -0.4 is 20.7 Å². The summed E-state index contributed by atoms with van der Waals surface area (Å²) >= 11 is 0. The van der Waals surface area contributed by atoms with Crippen molar-refractivity contribution in [2.24, 2.45) is 5.92 Å². The molecule has 4 rings (SSSR count). The molecule has 2 aromatic rings. The number of nitrogens with zero attached hydrogens (tertiary/aromatic N) is 1. The zero-order chi connectivity index (χ0) is 29.5. The van der Waals surface area contributed by atoms with Crippen molar-refractivity contribution in [2.75, 3.05) is 20.1 Å². The third kappa shape index (κ3) is 8.27. The minimum atomic E-state index is -1.21. The molecule has 1 fully saturated rings. The van der Waals surface area contributed by atoms with E-state index in [4.69, 9.17) is 4.74 Å². The number of halogens is 1. The maximum Gasteiger partial charge on any atom is 0.246 e. The summed E-state index contributed by atoms with van der Waals surface area (Å²) in [5.41, 5.74) is 1.67. The minimum absolute atomic E-state index is 0.114. The number of hydrogen-bond acceptors (Lipinski definition) is 6. The van der Waals surface area contributed by atoms with Crippen molar-refractivity contribution in [3.63, 3.8) is 0 Å². The number of benzene rings is 2. The number of fused-ring (bicyclic) bond motifs is 1. The van der Waals surface area contributed by atoms with E-state index in [1.807, 2.05) is 31.2 Å². The Morgan fingerprint density at radius 3 is 2.46 bits per heavy atom. The summed E-state index contributed by atoms with van der Waals surface area (Å²) in [4.78, 5) is 41.8. The van der Waals surface area contributed by atoms with E-state index in [0.29, 0.717) is 31.5 Å². The Labute approximate surface area is 240 Å². The maximum atomic E-state index is 13.7. The molecule has 1 saturated carbocycles. The number of hydrogen-bond donors (Lipinski definition) is 4. The lowest BCUT2D eigenvalue weighted by molar-refractivity contribution is -0.145. The summed E-state index contributed by atoms with van der Waals surface area (Å²) in [6.45, 7) is 4.17. The van der Waals surface area contributed by atoms with Gasteiger partial charge in [0.1, 0.15) is 29.8 Å². The standard InChI is InChI=1S/C31H41FN4O5/c1-19-18-34-27(23-12-13-23)31(40)36(3)28(20(2)37)30(39)35-25(17-21-10-14-24(32)15-11-21)29(38)33-16-6-8-22-7-4-5-9-26(22)41-19/h4-5,7,9-11,14-15,19-20,23,25,27-28,34,37H,6,8,12-13,16-18H2,1-3H3,(H,33,38)(H,35,39)/t19-,20?,25-,27+,28+/m1/s1. The topological polar surface area (TPSA) is 120 Å². The van der Waals surface area contributed by atoms with Gasteiger partial charge in [0.25, 0.3) is 0 Å². The summed E-state index contributed by atoms with van der Waals surface area (Å²) in [5, 5.41) is 19.6. The summed E-state index contributed by atoms with van der Waals surface area (Å²) in [6, 6.07) is 10.7. The molecule has 9 nitrogen and oxygen atoms in total. The van der Waals surface area contributed by atoms with Crippen molar-refractivity contribution >= 4 is 17.7 Å². The van der Waals surface area contributed by atoms with Crippen LogP contribution in [0.1, 0.15) is 44.2 Å². The van der Waals surface area contributed by atoms with Gasteiger partial charge in [-0.05, 0) is 74.8 Å². The van der Waals surface area contributed by atoms with Gasteiger partial charge in [-0.15, -0.1) is 0 Å². The lowest BCUT2D eigenvalue weighted by atomic mass is 10.0. The number of para-hydroxylation sites is 1. The second kappa shape index (κ2) is 13.9. The zero-order valence-corrected chi connectivity index (χ0v) is 23.9. The monoisotopic (exact) mass is 568 g/mol. The summed E-state index contributed by atoms with van der Waals surface area (Å²) in [6.07, 6.45) is 1.79. The molecule has 0 spiro atoms. The summed E-state index contributed by atoms with van der Waals surface area (Å²) < 4.78 is 19.7. The van der Waals surface area contributed by atoms with Gasteiger partial charge in [-0.2, -0.15) is 0 Å². The Bertz CT molecular complexity index is 1200. The second-order valence-electron chi connectivity index (χ2n) is 11.2. The highest BCUT2D eigenvalue weighted by molar-refractivity contribution is 5.93. The van der Waals surface area contributed by atoms with Crippen LogP contribution in [0.3, 0.4) is 0 Å². The van der Waals surface area contributed by atoms with E-state index >= 15 is 0 Å². The number of carbonyl (C=O) groups is 3. The molecule has 222 valence electrons. The molecule has 4 N–H and O–H groups in total. The Morgan fingerprint density at radius 2 is 1.78 bits per heavy atom. The number of likely N-dealkylation sites (N-methyl/N-ethyl adjacent to an activating group) is 1. The van der Waals surface area contributed by atoms with Crippen molar-refractivity contribution < 1.29 is 28.6 Å². The number of carbonyl (C=O) groups excluding carboxylic acids is 3. The van der Waals surface area contributed by atoms with Gasteiger partial charge < -0.3 is 30.7 Å². The third-order valence-corrected chi connectivity index (χ3v) is 7.68. The van der Waals surface area contributed by atoms with E-state index in [9.17, 15) is 23.9 Å². The molecular formula is C31H41FN4O5. The number of nitrogens with one attached hydrogen (secondary N) is 3. The predicted molar refractivity (Wildman–Crippen MR) is 153 cm³/mol. The molecule has 3 amide bonds. The smallest absolute Gasteiger partial charge is 0.246 e. The Morgan fingerprint density at radius 1 is 1.07 bits per heavy atom. The van der Waals surface area contributed by atoms with Gasteiger partial charge in [-0.25, -0.2) is 4.39 Å². The Hall–Kier alpha value is -3.50. The van der Waals surface area contributed by atoms with Crippen molar-refractivity contribution in [3.05, 3.63) is 65.5 Å². The van der Waals surface area contributed by atoms with Gasteiger partial charge in [0.2, 0.25) is 17.7 Å². The van der Waals surface area contributed by atoms with Crippen LogP contribution in [0, 0.1) is 11.7 Å². The Kier molecular flexibility index (Phi) is 10.3. The molecule has 2 aliphatic rings. The minimum Gasteiger partial charge on any atom is -0.489 e. The van der Waals surface area contributed by atoms with Crippen LogP contribution in [-0.4, -0.2) is 78.2 Å². The van der Waals surface area contributed by atoms with Crippen LogP contribution in [0.4, 0.5) is 4.39 Å². The number of aliphatic hydroxyl groups excluding tert-OH is 1. The first-order valence-corrected chi connectivity index (χ1v) is 14.4. The number of amides is 3. The first-order valence-electron chi connectivity index (χ1n) is 14.4. The van der Waals surface area contributed by atoms with Crippen LogP contribution in [0.15, 0.2) is 48.5 Å². The predicted octanol–water partition coefficient (Wildman–Crippen LogP) is 1.96. The van der Waals surface area contributed by atoms with Gasteiger partial charge in [0.15, 0.2) is 0 Å². The molecular weight excluding hydrogens is 527 g/mol. The van der Waals surface area contributed by atoms with E-state index < -0.39 is 41.9 Å². The van der Waals surface area contributed by atoms with Crippen LogP contribution in [0.2, 0.25) is 0 Å².